The molecule has 2 fully saturated rings. The molecule has 1 N–H and O–H groups in total. The van der Waals surface area contributed by atoms with Gasteiger partial charge in [-0.1, -0.05) is 0 Å². The molecule has 0 spiro atoms. The standard InChI is InChI=1S/C14H25NO3/c1-12(17)8-13-4-2-6-15(13)9-14(10-16)5-3-7-18-11-14/h10,12-13,17H,2-9,11H2,1H3. The van der Waals surface area contributed by atoms with Crippen LogP contribution in [0, 0.1) is 5.41 Å². The van der Waals surface area contributed by atoms with Gasteiger partial charge in [-0.15, -0.1) is 0 Å². The first-order valence-corrected chi connectivity index (χ1v) is 7.11. The highest BCUT2D eigenvalue weighted by atomic mass is 16.5. The molecule has 2 aliphatic rings. The molecular weight excluding hydrogens is 230 g/mol. The molecule has 4 heteroatoms. The summed E-state index contributed by atoms with van der Waals surface area (Å²) in [6.45, 7) is 5.04. The quantitative estimate of drug-likeness (QED) is 0.750. The first kappa shape index (κ1) is 14.0. The van der Waals surface area contributed by atoms with Crippen molar-refractivity contribution < 1.29 is 14.6 Å². The summed E-state index contributed by atoms with van der Waals surface area (Å²) in [5, 5.41) is 9.54. The highest BCUT2D eigenvalue weighted by molar-refractivity contribution is 5.60. The Labute approximate surface area is 109 Å². The number of hydrogen-bond acceptors (Lipinski definition) is 4. The van der Waals surface area contributed by atoms with Crippen LogP contribution in [0.5, 0.6) is 0 Å². The van der Waals surface area contributed by atoms with Gasteiger partial charge in [0.2, 0.25) is 0 Å². The maximum atomic E-state index is 11.4. The Bertz CT molecular complexity index is 274. The maximum Gasteiger partial charge on any atom is 0.129 e. The third-order valence-electron chi connectivity index (χ3n) is 4.23. The smallest absolute Gasteiger partial charge is 0.129 e. The molecule has 0 aromatic carbocycles. The zero-order valence-corrected chi connectivity index (χ0v) is 11.3. The molecule has 0 aromatic rings. The summed E-state index contributed by atoms with van der Waals surface area (Å²) in [7, 11) is 0. The molecule has 18 heavy (non-hydrogen) atoms. The second kappa shape index (κ2) is 6.13. The third-order valence-corrected chi connectivity index (χ3v) is 4.23. The first-order valence-electron chi connectivity index (χ1n) is 7.11. The van der Waals surface area contributed by atoms with Gasteiger partial charge in [0.05, 0.1) is 18.1 Å². The molecule has 2 aliphatic heterocycles. The van der Waals surface area contributed by atoms with E-state index in [-0.39, 0.29) is 11.5 Å². The molecular formula is C14H25NO3. The Morgan fingerprint density at radius 3 is 3.00 bits per heavy atom. The van der Waals surface area contributed by atoms with Gasteiger partial charge in [-0.05, 0) is 45.6 Å². The highest BCUT2D eigenvalue weighted by Crippen LogP contribution is 2.31. The monoisotopic (exact) mass is 255 g/mol. The van der Waals surface area contributed by atoms with E-state index in [1.807, 2.05) is 6.92 Å². The van der Waals surface area contributed by atoms with Crippen molar-refractivity contribution >= 4 is 6.29 Å². The van der Waals surface area contributed by atoms with Crippen molar-refractivity contribution in [1.82, 2.24) is 4.90 Å². The Morgan fingerprint density at radius 1 is 1.56 bits per heavy atom. The molecule has 2 saturated heterocycles. The van der Waals surface area contributed by atoms with E-state index in [1.165, 1.54) is 6.42 Å². The van der Waals surface area contributed by atoms with Gasteiger partial charge in [-0.25, -0.2) is 0 Å². The van der Waals surface area contributed by atoms with Crippen molar-refractivity contribution in [1.29, 1.82) is 0 Å². The minimum Gasteiger partial charge on any atom is -0.393 e. The van der Waals surface area contributed by atoms with Crippen molar-refractivity contribution in [3.63, 3.8) is 0 Å². The number of nitrogens with zero attached hydrogens (tertiary/aromatic N) is 1. The number of aldehydes is 1. The van der Waals surface area contributed by atoms with Gasteiger partial charge < -0.3 is 14.6 Å². The van der Waals surface area contributed by atoms with Gasteiger partial charge in [0, 0.05) is 19.2 Å². The number of aliphatic hydroxyl groups excluding tert-OH is 1. The summed E-state index contributed by atoms with van der Waals surface area (Å²) in [5.41, 5.74) is -0.306. The SMILES string of the molecule is CC(O)CC1CCCN1CC1(C=O)CCCOC1. The molecule has 0 aliphatic carbocycles. The Hall–Kier alpha value is -0.450. The minimum atomic E-state index is -0.306. The van der Waals surface area contributed by atoms with E-state index < -0.39 is 0 Å². The van der Waals surface area contributed by atoms with E-state index in [4.69, 9.17) is 4.74 Å². The number of carbonyl (C=O) groups is 1. The summed E-state index contributed by atoms with van der Waals surface area (Å²) < 4.78 is 5.50. The van der Waals surface area contributed by atoms with Crippen LogP contribution in [-0.2, 0) is 9.53 Å². The fourth-order valence-electron chi connectivity index (χ4n) is 3.30. The van der Waals surface area contributed by atoms with Crippen LogP contribution in [0.25, 0.3) is 0 Å². The molecule has 0 bridgehead atoms. The summed E-state index contributed by atoms with van der Waals surface area (Å²) in [5.74, 6) is 0. The first-order chi connectivity index (χ1) is 8.65. The lowest BCUT2D eigenvalue weighted by molar-refractivity contribution is -0.126. The maximum absolute atomic E-state index is 11.4. The predicted octanol–water partition coefficient (Wildman–Crippen LogP) is 1.22. The van der Waals surface area contributed by atoms with Gasteiger partial charge >= 0.3 is 0 Å². The normalized spacial score (nSPS) is 35.6. The number of aliphatic hydroxyl groups is 1. The molecule has 2 rings (SSSR count). The highest BCUT2D eigenvalue weighted by Gasteiger charge is 2.38. The largest absolute Gasteiger partial charge is 0.393 e. The lowest BCUT2D eigenvalue weighted by Crippen LogP contribution is -2.46. The van der Waals surface area contributed by atoms with Crippen molar-refractivity contribution in [2.45, 2.75) is 51.2 Å². The van der Waals surface area contributed by atoms with Crippen molar-refractivity contribution in [3.8, 4) is 0 Å². The number of likely N-dealkylation sites (tertiary alicyclic amines) is 1. The van der Waals surface area contributed by atoms with Gasteiger partial charge in [0.1, 0.15) is 6.29 Å². The van der Waals surface area contributed by atoms with Crippen LogP contribution in [0.15, 0.2) is 0 Å². The van der Waals surface area contributed by atoms with E-state index in [9.17, 15) is 9.90 Å². The minimum absolute atomic E-state index is 0.259. The lowest BCUT2D eigenvalue weighted by Gasteiger charge is -2.37. The van der Waals surface area contributed by atoms with Crippen LogP contribution in [0.2, 0.25) is 0 Å². The predicted molar refractivity (Wildman–Crippen MR) is 69.4 cm³/mol. The van der Waals surface area contributed by atoms with Crippen molar-refractivity contribution in [2.24, 2.45) is 5.41 Å². The van der Waals surface area contributed by atoms with E-state index in [0.29, 0.717) is 12.6 Å². The zero-order chi connectivity index (χ0) is 13.0. The Morgan fingerprint density at radius 2 is 2.39 bits per heavy atom. The molecule has 2 heterocycles. The van der Waals surface area contributed by atoms with Gasteiger partial charge in [-0.3, -0.25) is 4.90 Å². The van der Waals surface area contributed by atoms with E-state index in [0.717, 1.165) is 51.7 Å². The third kappa shape index (κ3) is 3.31. The summed E-state index contributed by atoms with van der Waals surface area (Å²) in [4.78, 5) is 13.8. The van der Waals surface area contributed by atoms with Gasteiger partial charge in [-0.2, -0.15) is 0 Å². The van der Waals surface area contributed by atoms with E-state index in [2.05, 4.69) is 4.90 Å². The van der Waals surface area contributed by atoms with Crippen molar-refractivity contribution in [3.05, 3.63) is 0 Å². The molecule has 3 unspecified atom stereocenters. The van der Waals surface area contributed by atoms with Crippen LogP contribution in [-0.4, -0.2) is 54.7 Å². The molecule has 0 radical (unpaired) electrons. The van der Waals surface area contributed by atoms with Crippen LogP contribution in [0.3, 0.4) is 0 Å². The number of ether oxygens (including phenoxy) is 1. The summed E-state index contributed by atoms with van der Waals surface area (Å²) in [6, 6.07) is 0.434. The summed E-state index contributed by atoms with van der Waals surface area (Å²) in [6.07, 6.45) is 5.89. The number of rotatable bonds is 5. The molecule has 4 nitrogen and oxygen atoms in total. The molecule has 0 saturated carbocycles. The molecule has 0 amide bonds. The summed E-state index contributed by atoms with van der Waals surface area (Å²) >= 11 is 0. The number of carbonyl (C=O) groups excluding carboxylic acids is 1. The van der Waals surface area contributed by atoms with Crippen molar-refractivity contribution in [2.75, 3.05) is 26.3 Å². The second-order valence-corrected chi connectivity index (χ2v) is 5.99. The number of hydrogen-bond donors (Lipinski definition) is 1. The van der Waals surface area contributed by atoms with Gasteiger partial charge in [0.15, 0.2) is 0 Å². The average molecular weight is 255 g/mol. The topological polar surface area (TPSA) is 49.8 Å². The van der Waals surface area contributed by atoms with Crippen LogP contribution < -0.4 is 0 Å². The van der Waals surface area contributed by atoms with E-state index >= 15 is 0 Å². The fourth-order valence-corrected chi connectivity index (χ4v) is 3.30. The van der Waals surface area contributed by atoms with Crippen LogP contribution in [0.4, 0.5) is 0 Å². The molecule has 0 aromatic heterocycles. The Kier molecular flexibility index (Phi) is 4.76. The molecule has 104 valence electrons. The Balaban J connectivity index is 1.95. The fraction of sp³-hybridized carbons (Fsp3) is 0.929. The van der Waals surface area contributed by atoms with Crippen LogP contribution >= 0.6 is 0 Å². The van der Waals surface area contributed by atoms with Crippen LogP contribution in [0.1, 0.15) is 39.0 Å². The zero-order valence-electron chi connectivity index (χ0n) is 11.3. The van der Waals surface area contributed by atoms with E-state index in [1.54, 1.807) is 0 Å². The van der Waals surface area contributed by atoms with Gasteiger partial charge in [0.25, 0.3) is 0 Å². The lowest BCUT2D eigenvalue weighted by atomic mass is 9.83. The second-order valence-electron chi connectivity index (χ2n) is 5.99. The molecule has 3 atom stereocenters. The average Bonchev–Trinajstić information content (AvgIpc) is 2.77.